The second-order valence-corrected chi connectivity index (χ2v) is 12.0. The Bertz CT molecular complexity index is 1450. The topological polar surface area (TPSA) is 110 Å². The summed E-state index contributed by atoms with van der Waals surface area (Å²) in [5.41, 5.74) is 1.62. The summed E-state index contributed by atoms with van der Waals surface area (Å²) < 4.78 is 43.4. The predicted molar refractivity (Wildman–Crippen MR) is 133 cm³/mol. The third-order valence-corrected chi connectivity index (χ3v) is 8.90. The van der Waals surface area contributed by atoms with Crippen molar-refractivity contribution >= 4 is 21.7 Å². The fourth-order valence-corrected chi connectivity index (χ4v) is 6.45. The molecule has 9 nitrogen and oxygen atoms in total. The number of nitrogens with one attached hydrogen (secondary N) is 1. The van der Waals surface area contributed by atoms with Crippen LogP contribution in [0.2, 0.25) is 0 Å². The maximum Gasteiger partial charge on any atom is 0.259 e. The SMILES string of the molecule is CCCS(=O)(=O)N1CCc2cc(F)c(C(=O)Nc3cccc(-c4nnc5n4C(C)(C)CC5)n3)cc2C1. The summed E-state index contributed by atoms with van der Waals surface area (Å²) in [6.45, 7) is 6.48. The van der Waals surface area contributed by atoms with Crippen molar-refractivity contribution in [3.8, 4) is 11.5 Å². The molecule has 0 spiro atoms. The highest BCUT2D eigenvalue weighted by molar-refractivity contribution is 7.89. The van der Waals surface area contributed by atoms with Crippen molar-refractivity contribution in [3.63, 3.8) is 0 Å². The molecule has 190 valence electrons. The number of amides is 1. The van der Waals surface area contributed by atoms with E-state index in [-0.39, 0.29) is 29.2 Å². The lowest BCUT2D eigenvalue weighted by Crippen LogP contribution is -2.37. The van der Waals surface area contributed by atoms with Gasteiger partial charge in [0.1, 0.15) is 23.2 Å². The Hall–Kier alpha value is -3.18. The van der Waals surface area contributed by atoms with Crippen LogP contribution in [0.3, 0.4) is 0 Å². The van der Waals surface area contributed by atoms with E-state index in [1.165, 1.54) is 16.4 Å². The Labute approximate surface area is 209 Å². The fraction of sp³-hybridized carbons (Fsp3) is 0.440. The Balaban J connectivity index is 1.39. The number of benzene rings is 1. The molecule has 4 heterocycles. The number of anilines is 1. The number of fused-ring (bicyclic) bond motifs is 2. The molecule has 0 bridgehead atoms. The van der Waals surface area contributed by atoms with Crippen LogP contribution in [0.5, 0.6) is 0 Å². The molecule has 2 aliphatic rings. The highest BCUT2D eigenvalue weighted by Gasteiger charge is 2.34. The predicted octanol–water partition coefficient (Wildman–Crippen LogP) is 3.51. The Kier molecular flexibility index (Phi) is 6.16. The van der Waals surface area contributed by atoms with E-state index in [0.717, 1.165) is 24.2 Å². The lowest BCUT2D eigenvalue weighted by atomic mass is 9.97. The van der Waals surface area contributed by atoms with Crippen LogP contribution in [-0.4, -0.2) is 50.7 Å². The number of halogens is 1. The van der Waals surface area contributed by atoms with Crippen molar-refractivity contribution < 1.29 is 17.6 Å². The standard InChI is InChI=1S/C25H29FN6O3S/c1-4-12-36(34,35)31-11-9-16-14-19(26)18(13-17(16)15-31)24(33)28-21-7-5-6-20(27-21)23-30-29-22-8-10-25(2,3)32(22)23/h5-7,13-14H,4,8-12,15H2,1-3H3,(H,27,28,33). The zero-order chi connectivity index (χ0) is 25.7. The Morgan fingerprint density at radius 3 is 2.75 bits per heavy atom. The molecule has 0 saturated carbocycles. The van der Waals surface area contributed by atoms with Crippen LogP contribution >= 0.6 is 0 Å². The first-order valence-corrected chi connectivity index (χ1v) is 13.7. The van der Waals surface area contributed by atoms with E-state index in [1.54, 1.807) is 18.2 Å². The molecule has 0 aliphatic carbocycles. The smallest absolute Gasteiger partial charge is 0.259 e. The number of carbonyl (C=O) groups is 1. The zero-order valence-corrected chi connectivity index (χ0v) is 21.4. The van der Waals surface area contributed by atoms with E-state index in [0.29, 0.717) is 36.5 Å². The number of hydrogen-bond acceptors (Lipinski definition) is 6. The molecule has 1 N–H and O–H groups in total. The van der Waals surface area contributed by atoms with Gasteiger partial charge in [-0.3, -0.25) is 4.79 Å². The second-order valence-electron chi connectivity index (χ2n) is 9.95. The van der Waals surface area contributed by atoms with E-state index in [9.17, 15) is 17.6 Å². The number of nitrogens with zero attached hydrogens (tertiary/aromatic N) is 5. The first kappa shape index (κ1) is 24.5. The average Bonchev–Trinajstić information content (AvgIpc) is 3.39. The molecule has 5 rings (SSSR count). The minimum Gasteiger partial charge on any atom is -0.306 e. The molecular formula is C25H29FN6O3S. The van der Waals surface area contributed by atoms with Crippen molar-refractivity contribution in [1.82, 2.24) is 24.1 Å². The van der Waals surface area contributed by atoms with Crippen molar-refractivity contribution in [2.45, 2.75) is 58.5 Å². The van der Waals surface area contributed by atoms with E-state index in [4.69, 9.17) is 0 Å². The van der Waals surface area contributed by atoms with Crippen LogP contribution in [0.15, 0.2) is 30.3 Å². The van der Waals surface area contributed by atoms with E-state index >= 15 is 0 Å². The Morgan fingerprint density at radius 1 is 1.17 bits per heavy atom. The van der Waals surface area contributed by atoms with Gasteiger partial charge in [-0.05, 0) is 68.5 Å². The van der Waals surface area contributed by atoms with Crippen LogP contribution < -0.4 is 5.32 Å². The maximum absolute atomic E-state index is 14.9. The first-order chi connectivity index (χ1) is 17.1. The molecule has 36 heavy (non-hydrogen) atoms. The van der Waals surface area contributed by atoms with Gasteiger partial charge in [-0.1, -0.05) is 13.0 Å². The molecule has 1 aromatic carbocycles. The lowest BCUT2D eigenvalue weighted by molar-refractivity contribution is 0.102. The monoisotopic (exact) mass is 512 g/mol. The zero-order valence-electron chi connectivity index (χ0n) is 20.6. The molecule has 2 aliphatic heterocycles. The van der Waals surface area contributed by atoms with Crippen LogP contribution in [-0.2, 0) is 34.9 Å². The molecule has 0 radical (unpaired) electrons. The summed E-state index contributed by atoms with van der Waals surface area (Å²) in [5, 5.41) is 11.3. The molecule has 11 heteroatoms. The van der Waals surface area contributed by atoms with E-state index in [1.807, 2.05) is 6.92 Å². The van der Waals surface area contributed by atoms with Gasteiger partial charge in [0.15, 0.2) is 5.82 Å². The summed E-state index contributed by atoms with van der Waals surface area (Å²) in [4.78, 5) is 17.6. The summed E-state index contributed by atoms with van der Waals surface area (Å²) >= 11 is 0. The summed E-state index contributed by atoms with van der Waals surface area (Å²) in [6, 6.07) is 7.96. The van der Waals surface area contributed by atoms with Crippen LogP contribution in [0.1, 0.15) is 60.9 Å². The number of pyridine rings is 1. The maximum atomic E-state index is 14.9. The Morgan fingerprint density at radius 2 is 1.97 bits per heavy atom. The van der Waals surface area contributed by atoms with Crippen molar-refractivity contribution in [1.29, 1.82) is 0 Å². The van der Waals surface area contributed by atoms with Gasteiger partial charge in [0, 0.05) is 25.0 Å². The molecule has 0 saturated heterocycles. The van der Waals surface area contributed by atoms with Crippen LogP contribution in [0.4, 0.5) is 10.2 Å². The van der Waals surface area contributed by atoms with Gasteiger partial charge >= 0.3 is 0 Å². The summed E-state index contributed by atoms with van der Waals surface area (Å²) in [6.07, 6.45) is 2.71. The van der Waals surface area contributed by atoms with Gasteiger partial charge in [-0.25, -0.2) is 17.8 Å². The minimum absolute atomic E-state index is 0.0608. The van der Waals surface area contributed by atoms with Gasteiger partial charge in [0.05, 0.1) is 11.3 Å². The molecule has 0 fully saturated rings. The first-order valence-electron chi connectivity index (χ1n) is 12.1. The van der Waals surface area contributed by atoms with E-state index < -0.39 is 21.7 Å². The number of carbonyl (C=O) groups excluding carboxylic acids is 1. The fourth-order valence-electron chi connectivity index (χ4n) is 4.97. The van der Waals surface area contributed by atoms with Crippen molar-refractivity contribution in [2.24, 2.45) is 0 Å². The quantitative estimate of drug-likeness (QED) is 0.541. The number of rotatable bonds is 6. The number of aromatic nitrogens is 4. The second kappa shape index (κ2) is 9.04. The highest BCUT2D eigenvalue weighted by Crippen LogP contribution is 2.35. The van der Waals surface area contributed by atoms with Gasteiger partial charge in [-0.2, -0.15) is 4.31 Å². The molecule has 3 aromatic rings. The molecule has 2 aromatic heterocycles. The van der Waals surface area contributed by atoms with Crippen LogP contribution in [0, 0.1) is 5.82 Å². The average molecular weight is 513 g/mol. The normalized spacial score (nSPS) is 17.0. The summed E-state index contributed by atoms with van der Waals surface area (Å²) in [5.74, 6) is 0.541. The molecule has 0 atom stereocenters. The van der Waals surface area contributed by atoms with Crippen molar-refractivity contribution in [3.05, 3.63) is 58.7 Å². The molecule has 0 unspecified atom stereocenters. The largest absolute Gasteiger partial charge is 0.306 e. The number of aryl methyl sites for hydroxylation is 1. The van der Waals surface area contributed by atoms with Gasteiger partial charge in [0.25, 0.3) is 5.91 Å². The van der Waals surface area contributed by atoms with Gasteiger partial charge in [0.2, 0.25) is 10.0 Å². The van der Waals surface area contributed by atoms with Gasteiger partial charge < -0.3 is 9.88 Å². The summed E-state index contributed by atoms with van der Waals surface area (Å²) in [7, 11) is -3.39. The van der Waals surface area contributed by atoms with Gasteiger partial charge in [-0.15, -0.1) is 10.2 Å². The lowest BCUT2D eigenvalue weighted by Gasteiger charge is -2.28. The molecule has 1 amide bonds. The molecular weight excluding hydrogens is 483 g/mol. The van der Waals surface area contributed by atoms with Crippen molar-refractivity contribution in [2.75, 3.05) is 17.6 Å². The number of sulfonamides is 1. The highest BCUT2D eigenvalue weighted by atomic mass is 32.2. The minimum atomic E-state index is -3.39. The van der Waals surface area contributed by atoms with E-state index in [2.05, 4.69) is 38.9 Å². The number of hydrogen-bond donors (Lipinski definition) is 1. The van der Waals surface area contributed by atoms with Crippen LogP contribution in [0.25, 0.3) is 11.5 Å². The third-order valence-electron chi connectivity index (χ3n) is 6.88. The third kappa shape index (κ3) is 4.41.